The third-order valence-electron chi connectivity index (χ3n) is 12.0. The first-order valence-electron chi connectivity index (χ1n) is 14.5. The molecule has 5 aliphatic rings. The van der Waals surface area contributed by atoms with Crippen molar-refractivity contribution in [3.8, 4) is 0 Å². The Bertz CT molecular complexity index is 1290. The largest absolute Gasteiger partial charge is 0.472 e. The van der Waals surface area contributed by atoms with E-state index in [1.165, 1.54) is 0 Å². The van der Waals surface area contributed by atoms with Crippen molar-refractivity contribution in [1.82, 2.24) is 0 Å². The second-order valence-electron chi connectivity index (χ2n) is 14.1. The minimum absolute atomic E-state index is 0.148. The zero-order chi connectivity index (χ0) is 29.0. The Labute approximate surface area is 235 Å². The first-order valence-corrected chi connectivity index (χ1v) is 14.5. The molecule has 4 fully saturated rings. The van der Waals surface area contributed by atoms with Crippen LogP contribution in [0.3, 0.4) is 0 Å². The van der Waals surface area contributed by atoms with E-state index < -0.39 is 58.1 Å². The molecule has 2 N–H and O–H groups in total. The average Bonchev–Trinajstić information content (AvgIpc) is 3.55. The minimum atomic E-state index is -0.930. The number of carbonyl (C=O) groups excluding carboxylic acids is 2. The smallest absolute Gasteiger partial charge is 0.333 e. The molecular weight excluding hydrogens is 512 g/mol. The molecular formula is C32H42O8. The van der Waals surface area contributed by atoms with Gasteiger partial charge in [-0.1, -0.05) is 33.3 Å². The normalized spacial score (nSPS) is 47.3. The number of carbonyl (C=O) groups is 2. The standard InChI is InChI=1S/C32H42O8/c1-16(2)17(3)28(36)39-22-13-21(33)30(5)15-38-24-25(30)32(22,7)19-8-10-29(4)20(31(19,6)26(24)35)12-23(34)40-27(29)18-9-11-37-14-18/h9,11-12,14,19,21-22,24-27,33,35H,8,10,13,15H2,1-7H3. The van der Waals surface area contributed by atoms with E-state index in [1.807, 2.05) is 33.8 Å². The average molecular weight is 555 g/mol. The van der Waals surface area contributed by atoms with E-state index in [9.17, 15) is 19.8 Å². The third-order valence-corrected chi connectivity index (χ3v) is 12.0. The van der Waals surface area contributed by atoms with E-state index in [0.29, 0.717) is 25.0 Å². The number of hydrogen-bond acceptors (Lipinski definition) is 8. The summed E-state index contributed by atoms with van der Waals surface area (Å²) in [4.78, 5) is 26.4. The molecule has 0 aromatic carbocycles. The Balaban J connectivity index is 1.51. The lowest BCUT2D eigenvalue weighted by atomic mass is 9.36. The van der Waals surface area contributed by atoms with Gasteiger partial charge in [-0.25, -0.2) is 9.59 Å². The molecule has 2 aliphatic heterocycles. The van der Waals surface area contributed by atoms with Gasteiger partial charge in [0.2, 0.25) is 0 Å². The highest BCUT2D eigenvalue weighted by Crippen LogP contribution is 2.74. The molecule has 8 heteroatoms. The predicted octanol–water partition coefficient (Wildman–Crippen LogP) is 4.66. The van der Waals surface area contributed by atoms with Crippen LogP contribution in [0.5, 0.6) is 0 Å². The van der Waals surface area contributed by atoms with Crippen LogP contribution in [0.25, 0.3) is 0 Å². The van der Waals surface area contributed by atoms with Crippen LogP contribution in [-0.4, -0.2) is 53.2 Å². The molecule has 3 aliphatic carbocycles. The van der Waals surface area contributed by atoms with E-state index in [-0.39, 0.29) is 17.8 Å². The number of aliphatic hydroxyl groups excluding tert-OH is 2. The van der Waals surface area contributed by atoms with Crippen LogP contribution in [0.15, 0.2) is 45.8 Å². The quantitative estimate of drug-likeness (QED) is 0.410. The lowest BCUT2D eigenvalue weighted by Gasteiger charge is -2.69. The monoisotopic (exact) mass is 554 g/mol. The maximum absolute atomic E-state index is 13.3. The van der Waals surface area contributed by atoms with Gasteiger partial charge in [-0.05, 0) is 51.2 Å². The number of ether oxygens (including phenoxy) is 3. The maximum Gasteiger partial charge on any atom is 0.333 e. The van der Waals surface area contributed by atoms with E-state index in [2.05, 4.69) is 13.8 Å². The van der Waals surface area contributed by atoms with Crippen molar-refractivity contribution in [2.45, 2.75) is 98.2 Å². The van der Waals surface area contributed by atoms with E-state index >= 15 is 0 Å². The SMILES string of the molecule is CC(C)=C(C)C(=O)OC1CC(O)C2(C)COC3C(O)C4(C)C5=CC(=O)OC(c6ccoc6)C5(C)CCC4C1(C)C32. The van der Waals surface area contributed by atoms with Crippen molar-refractivity contribution >= 4 is 11.9 Å². The van der Waals surface area contributed by atoms with Crippen molar-refractivity contribution in [2.24, 2.45) is 33.5 Å². The highest BCUT2D eigenvalue weighted by atomic mass is 16.6. The molecule has 1 aromatic rings. The van der Waals surface area contributed by atoms with Gasteiger partial charge in [0.05, 0.1) is 37.4 Å². The lowest BCUT2D eigenvalue weighted by molar-refractivity contribution is -0.263. The van der Waals surface area contributed by atoms with Crippen LogP contribution in [0.1, 0.15) is 79.4 Å². The molecule has 11 atom stereocenters. The summed E-state index contributed by atoms with van der Waals surface area (Å²) in [6.07, 6.45) is 3.07. The Morgan fingerprint density at radius 3 is 2.50 bits per heavy atom. The zero-order valence-corrected chi connectivity index (χ0v) is 24.5. The van der Waals surface area contributed by atoms with Gasteiger partial charge in [0, 0.05) is 51.2 Å². The Morgan fingerprint density at radius 2 is 1.85 bits per heavy atom. The second-order valence-corrected chi connectivity index (χ2v) is 14.1. The summed E-state index contributed by atoms with van der Waals surface area (Å²) in [5.74, 6) is -1.22. The van der Waals surface area contributed by atoms with Crippen molar-refractivity contribution in [3.05, 3.63) is 47.0 Å². The summed E-state index contributed by atoms with van der Waals surface area (Å²) < 4.78 is 24.0. The van der Waals surface area contributed by atoms with Gasteiger partial charge < -0.3 is 28.8 Å². The third kappa shape index (κ3) is 3.36. The molecule has 0 spiro atoms. The number of cyclic esters (lactones) is 1. The van der Waals surface area contributed by atoms with Crippen LogP contribution < -0.4 is 0 Å². The highest BCUT2D eigenvalue weighted by molar-refractivity contribution is 5.88. The first kappa shape index (κ1) is 27.7. The van der Waals surface area contributed by atoms with Gasteiger partial charge in [-0.15, -0.1) is 0 Å². The van der Waals surface area contributed by atoms with Gasteiger partial charge in [-0.3, -0.25) is 0 Å². The zero-order valence-electron chi connectivity index (χ0n) is 24.5. The Morgan fingerprint density at radius 1 is 1.12 bits per heavy atom. The fourth-order valence-corrected chi connectivity index (χ4v) is 9.64. The number of rotatable bonds is 3. The van der Waals surface area contributed by atoms with Gasteiger partial charge in [0.15, 0.2) is 0 Å². The second kappa shape index (κ2) is 8.79. The topological polar surface area (TPSA) is 115 Å². The summed E-state index contributed by atoms with van der Waals surface area (Å²) in [6.45, 7) is 14.2. The van der Waals surface area contributed by atoms with Crippen molar-refractivity contribution in [1.29, 1.82) is 0 Å². The molecule has 0 amide bonds. The molecule has 1 aromatic heterocycles. The summed E-state index contributed by atoms with van der Waals surface area (Å²) in [6, 6.07) is 1.82. The Kier molecular flexibility index (Phi) is 6.10. The lowest BCUT2D eigenvalue weighted by Crippen LogP contribution is -2.73. The van der Waals surface area contributed by atoms with Crippen molar-refractivity contribution in [2.75, 3.05) is 6.61 Å². The molecule has 218 valence electrons. The van der Waals surface area contributed by atoms with Crippen LogP contribution in [0.4, 0.5) is 0 Å². The molecule has 40 heavy (non-hydrogen) atoms. The molecule has 8 nitrogen and oxygen atoms in total. The van der Waals surface area contributed by atoms with Crippen LogP contribution in [0, 0.1) is 33.5 Å². The van der Waals surface area contributed by atoms with Crippen LogP contribution in [0.2, 0.25) is 0 Å². The molecule has 1 saturated heterocycles. The first-order chi connectivity index (χ1) is 18.7. The number of fused-ring (bicyclic) bond motifs is 4. The maximum atomic E-state index is 13.3. The van der Waals surface area contributed by atoms with Gasteiger partial charge >= 0.3 is 11.9 Å². The fraction of sp³-hybridized carbons (Fsp3) is 0.688. The molecule has 0 bridgehead atoms. The van der Waals surface area contributed by atoms with Crippen molar-refractivity contribution in [3.63, 3.8) is 0 Å². The molecule has 3 saturated carbocycles. The van der Waals surface area contributed by atoms with Gasteiger partial charge in [-0.2, -0.15) is 0 Å². The summed E-state index contributed by atoms with van der Waals surface area (Å²) in [5, 5.41) is 23.7. The van der Waals surface area contributed by atoms with E-state index in [1.54, 1.807) is 25.5 Å². The number of furan rings is 1. The Hall–Kier alpha value is -2.42. The molecule has 0 radical (unpaired) electrons. The molecule has 6 rings (SSSR count). The van der Waals surface area contributed by atoms with Crippen LogP contribution >= 0.6 is 0 Å². The van der Waals surface area contributed by atoms with E-state index in [0.717, 1.165) is 23.1 Å². The number of allylic oxidation sites excluding steroid dienone is 1. The van der Waals surface area contributed by atoms with Gasteiger partial charge in [0.25, 0.3) is 0 Å². The fourth-order valence-electron chi connectivity index (χ4n) is 9.64. The predicted molar refractivity (Wildman–Crippen MR) is 145 cm³/mol. The van der Waals surface area contributed by atoms with Gasteiger partial charge in [0.1, 0.15) is 12.2 Å². The van der Waals surface area contributed by atoms with Crippen LogP contribution in [-0.2, 0) is 23.8 Å². The molecule has 3 heterocycles. The number of esters is 2. The highest BCUT2D eigenvalue weighted by Gasteiger charge is 2.77. The van der Waals surface area contributed by atoms with E-state index in [4.69, 9.17) is 18.6 Å². The number of hydrogen-bond donors (Lipinski definition) is 2. The van der Waals surface area contributed by atoms with Crippen molar-refractivity contribution < 1.29 is 38.4 Å². The number of aliphatic hydroxyl groups is 2. The summed E-state index contributed by atoms with van der Waals surface area (Å²) in [5.41, 5.74) is 0.397. The molecule has 11 unspecified atom stereocenters. The summed E-state index contributed by atoms with van der Waals surface area (Å²) >= 11 is 0. The summed E-state index contributed by atoms with van der Waals surface area (Å²) in [7, 11) is 0. The minimum Gasteiger partial charge on any atom is -0.472 e.